The molecule has 1 amide bonds. The maximum Gasteiger partial charge on any atom is 0.271 e. The number of nitro groups is 1. The van der Waals surface area contributed by atoms with Crippen LogP contribution in [-0.4, -0.2) is 17.9 Å². The molecular weight excluding hydrogens is 331 g/mol. The third kappa shape index (κ3) is 3.47. The highest BCUT2D eigenvalue weighted by atomic mass is 35.5. The van der Waals surface area contributed by atoms with Crippen molar-refractivity contribution in [2.24, 2.45) is 0 Å². The van der Waals surface area contributed by atoms with Gasteiger partial charge in [0.15, 0.2) is 0 Å². The number of carbonyl (C=O) groups is 1. The molecule has 0 saturated heterocycles. The van der Waals surface area contributed by atoms with E-state index in [-0.39, 0.29) is 32.7 Å². The largest absolute Gasteiger partial charge is 0.494 e. The van der Waals surface area contributed by atoms with Crippen molar-refractivity contribution < 1.29 is 14.5 Å². The van der Waals surface area contributed by atoms with Crippen LogP contribution < -0.4 is 10.1 Å². The molecule has 0 heterocycles. The Morgan fingerprint density at radius 3 is 2.64 bits per heavy atom. The number of hydrogen-bond acceptors (Lipinski definition) is 4. The van der Waals surface area contributed by atoms with Crippen molar-refractivity contribution in [3.05, 3.63) is 62.1 Å². The first-order chi connectivity index (χ1) is 10.4. The average molecular weight is 341 g/mol. The van der Waals surface area contributed by atoms with Gasteiger partial charge in [0.2, 0.25) is 0 Å². The molecular formula is C14H10Cl2N2O4. The molecule has 0 bridgehead atoms. The van der Waals surface area contributed by atoms with E-state index in [4.69, 9.17) is 27.9 Å². The summed E-state index contributed by atoms with van der Waals surface area (Å²) >= 11 is 11.9. The molecule has 0 aliphatic carbocycles. The lowest BCUT2D eigenvalue weighted by atomic mass is 10.1. The number of non-ortho nitro benzene ring substituents is 1. The summed E-state index contributed by atoms with van der Waals surface area (Å²) < 4.78 is 5.09. The van der Waals surface area contributed by atoms with E-state index >= 15 is 0 Å². The summed E-state index contributed by atoms with van der Waals surface area (Å²) in [4.78, 5) is 22.5. The smallest absolute Gasteiger partial charge is 0.271 e. The van der Waals surface area contributed by atoms with Crippen molar-refractivity contribution in [2.45, 2.75) is 0 Å². The molecule has 1 N–H and O–H groups in total. The Kier molecular flexibility index (Phi) is 4.85. The first kappa shape index (κ1) is 16.1. The molecule has 0 spiro atoms. The van der Waals surface area contributed by atoms with Gasteiger partial charge in [0.1, 0.15) is 5.75 Å². The molecule has 8 heteroatoms. The van der Waals surface area contributed by atoms with Crippen LogP contribution in [0.2, 0.25) is 10.0 Å². The fraction of sp³-hybridized carbons (Fsp3) is 0.0714. The zero-order valence-corrected chi connectivity index (χ0v) is 12.8. The summed E-state index contributed by atoms with van der Waals surface area (Å²) in [6.07, 6.45) is 0. The second-order valence-electron chi connectivity index (χ2n) is 4.23. The molecule has 0 atom stereocenters. The van der Waals surface area contributed by atoms with E-state index in [1.807, 2.05) is 0 Å². The van der Waals surface area contributed by atoms with Gasteiger partial charge in [-0.1, -0.05) is 29.3 Å². The fourth-order valence-corrected chi connectivity index (χ4v) is 2.40. The van der Waals surface area contributed by atoms with Crippen molar-refractivity contribution in [1.29, 1.82) is 0 Å². The van der Waals surface area contributed by atoms with Gasteiger partial charge in [-0.15, -0.1) is 0 Å². The van der Waals surface area contributed by atoms with Crippen LogP contribution in [0.3, 0.4) is 0 Å². The van der Waals surface area contributed by atoms with E-state index < -0.39 is 10.8 Å². The van der Waals surface area contributed by atoms with Crippen LogP contribution in [0, 0.1) is 10.1 Å². The van der Waals surface area contributed by atoms with Gasteiger partial charge >= 0.3 is 0 Å². The lowest BCUT2D eigenvalue weighted by Gasteiger charge is -2.11. The molecule has 2 rings (SSSR count). The Labute approximate surface area is 135 Å². The van der Waals surface area contributed by atoms with Crippen LogP contribution in [0.25, 0.3) is 0 Å². The number of benzene rings is 2. The number of halogens is 2. The zero-order chi connectivity index (χ0) is 16.3. The van der Waals surface area contributed by atoms with Crippen LogP contribution in [0.4, 0.5) is 11.4 Å². The Morgan fingerprint density at radius 1 is 1.27 bits per heavy atom. The van der Waals surface area contributed by atoms with Crippen LogP contribution in [0.15, 0.2) is 36.4 Å². The SMILES string of the molecule is COc1c(Cl)cc(Cl)cc1C(=O)Nc1cccc([N+](=O)[O-])c1. The minimum atomic E-state index is -0.549. The topological polar surface area (TPSA) is 81.5 Å². The molecule has 0 aliphatic heterocycles. The van der Waals surface area contributed by atoms with Gasteiger partial charge in [0.25, 0.3) is 11.6 Å². The molecule has 2 aromatic carbocycles. The zero-order valence-electron chi connectivity index (χ0n) is 11.3. The minimum absolute atomic E-state index is 0.131. The number of nitro benzene ring substituents is 1. The molecule has 0 saturated carbocycles. The number of methoxy groups -OCH3 is 1. The minimum Gasteiger partial charge on any atom is -0.494 e. The van der Waals surface area contributed by atoms with Gasteiger partial charge in [0.05, 0.1) is 22.6 Å². The maximum absolute atomic E-state index is 12.3. The third-order valence-corrected chi connectivity index (χ3v) is 3.27. The Morgan fingerprint density at radius 2 is 2.00 bits per heavy atom. The van der Waals surface area contributed by atoms with E-state index in [0.717, 1.165) is 0 Å². The molecule has 0 unspecified atom stereocenters. The highest BCUT2D eigenvalue weighted by Gasteiger charge is 2.17. The number of nitrogens with one attached hydrogen (secondary N) is 1. The molecule has 2 aromatic rings. The van der Waals surface area contributed by atoms with Gasteiger partial charge in [-0.3, -0.25) is 14.9 Å². The molecule has 22 heavy (non-hydrogen) atoms. The Hall–Kier alpha value is -2.31. The Balaban J connectivity index is 2.34. The summed E-state index contributed by atoms with van der Waals surface area (Å²) in [5, 5.41) is 13.7. The number of ether oxygens (including phenoxy) is 1. The Bertz CT molecular complexity index is 750. The number of hydrogen-bond donors (Lipinski definition) is 1. The monoisotopic (exact) mass is 340 g/mol. The van der Waals surface area contributed by atoms with Crippen molar-refractivity contribution in [3.8, 4) is 5.75 Å². The second kappa shape index (κ2) is 6.64. The standard InChI is InChI=1S/C14H10Cl2N2O4/c1-22-13-11(5-8(15)6-12(13)16)14(19)17-9-3-2-4-10(7-9)18(20)21/h2-7H,1H3,(H,17,19). The van der Waals surface area contributed by atoms with Crippen molar-refractivity contribution in [3.63, 3.8) is 0 Å². The summed E-state index contributed by atoms with van der Waals surface area (Å²) in [6, 6.07) is 8.42. The first-order valence-corrected chi connectivity index (χ1v) is 6.77. The summed E-state index contributed by atoms with van der Waals surface area (Å²) in [6.45, 7) is 0. The highest BCUT2D eigenvalue weighted by Crippen LogP contribution is 2.32. The summed E-state index contributed by atoms with van der Waals surface area (Å²) in [5.41, 5.74) is 0.276. The summed E-state index contributed by atoms with van der Waals surface area (Å²) in [5.74, 6) is -0.365. The van der Waals surface area contributed by atoms with Crippen molar-refractivity contribution in [2.75, 3.05) is 12.4 Å². The number of nitrogens with zero attached hydrogens (tertiary/aromatic N) is 1. The molecule has 0 aromatic heterocycles. The molecule has 0 fully saturated rings. The summed E-state index contributed by atoms with van der Waals surface area (Å²) in [7, 11) is 1.37. The van der Waals surface area contributed by atoms with Crippen LogP contribution in [0.1, 0.15) is 10.4 Å². The van der Waals surface area contributed by atoms with E-state index in [2.05, 4.69) is 5.32 Å². The predicted octanol–water partition coefficient (Wildman–Crippen LogP) is 4.16. The fourth-order valence-electron chi connectivity index (χ4n) is 1.83. The van der Waals surface area contributed by atoms with Gasteiger partial charge in [-0.2, -0.15) is 0 Å². The second-order valence-corrected chi connectivity index (χ2v) is 5.07. The van der Waals surface area contributed by atoms with Crippen LogP contribution in [0.5, 0.6) is 5.75 Å². The third-order valence-electron chi connectivity index (χ3n) is 2.77. The number of anilines is 1. The molecule has 0 radical (unpaired) electrons. The number of amides is 1. The lowest BCUT2D eigenvalue weighted by molar-refractivity contribution is -0.384. The predicted molar refractivity (Wildman–Crippen MR) is 84.1 cm³/mol. The maximum atomic E-state index is 12.3. The lowest BCUT2D eigenvalue weighted by Crippen LogP contribution is -2.13. The average Bonchev–Trinajstić information content (AvgIpc) is 2.46. The molecule has 0 aliphatic rings. The van der Waals surface area contributed by atoms with E-state index in [1.165, 1.54) is 43.5 Å². The molecule has 114 valence electrons. The van der Waals surface area contributed by atoms with E-state index in [1.54, 1.807) is 0 Å². The van der Waals surface area contributed by atoms with Crippen LogP contribution >= 0.6 is 23.2 Å². The van der Waals surface area contributed by atoms with Crippen LogP contribution in [-0.2, 0) is 0 Å². The van der Waals surface area contributed by atoms with Gasteiger partial charge in [-0.05, 0) is 18.2 Å². The van der Waals surface area contributed by atoms with E-state index in [0.29, 0.717) is 0 Å². The number of rotatable bonds is 4. The molecule has 6 nitrogen and oxygen atoms in total. The van der Waals surface area contributed by atoms with E-state index in [9.17, 15) is 14.9 Å². The highest BCUT2D eigenvalue weighted by molar-refractivity contribution is 6.36. The van der Waals surface area contributed by atoms with Gasteiger partial charge in [-0.25, -0.2) is 0 Å². The number of carbonyl (C=O) groups excluding carboxylic acids is 1. The first-order valence-electron chi connectivity index (χ1n) is 6.01. The quantitative estimate of drug-likeness (QED) is 0.669. The normalized spacial score (nSPS) is 10.1. The van der Waals surface area contributed by atoms with Gasteiger partial charge < -0.3 is 10.1 Å². The van der Waals surface area contributed by atoms with Gasteiger partial charge in [0, 0.05) is 22.8 Å². The van der Waals surface area contributed by atoms with Crippen molar-refractivity contribution in [1.82, 2.24) is 0 Å². The van der Waals surface area contributed by atoms with Crippen molar-refractivity contribution >= 4 is 40.5 Å².